The summed E-state index contributed by atoms with van der Waals surface area (Å²) in [5.41, 5.74) is 0.748. The molecule has 0 bridgehead atoms. The highest BCUT2D eigenvalue weighted by Gasteiger charge is 2.20. The highest BCUT2D eigenvalue weighted by Crippen LogP contribution is 2.08. The third-order valence-corrected chi connectivity index (χ3v) is 3.32. The average Bonchev–Trinajstić information content (AvgIpc) is 3.32. The van der Waals surface area contributed by atoms with Crippen molar-refractivity contribution in [3.63, 3.8) is 0 Å². The Hall–Kier alpha value is -3.49. The standard InChI is InChI=1S/C16H15N5O4/c1-11(17-15(22)13-8-5-9-24-13)16(23)25-10-14-18-19-20-21(14)12-6-3-2-4-7-12/h2-9,11H,10H2,1H3,(H,17,22)/t11-/m0/s1. The number of benzene rings is 1. The molecule has 1 amide bonds. The predicted octanol–water partition coefficient (Wildman–Crippen LogP) is 1.12. The van der Waals surface area contributed by atoms with Crippen LogP contribution in [0.15, 0.2) is 53.1 Å². The summed E-state index contributed by atoms with van der Waals surface area (Å²) in [4.78, 5) is 23.9. The van der Waals surface area contributed by atoms with Crippen molar-refractivity contribution in [2.24, 2.45) is 0 Å². The highest BCUT2D eigenvalue weighted by atomic mass is 16.5. The fourth-order valence-electron chi connectivity index (χ4n) is 2.06. The second-order valence-corrected chi connectivity index (χ2v) is 5.12. The molecule has 0 aliphatic heterocycles. The molecule has 1 atom stereocenters. The lowest BCUT2D eigenvalue weighted by molar-refractivity contribution is -0.147. The van der Waals surface area contributed by atoms with E-state index in [4.69, 9.17) is 9.15 Å². The van der Waals surface area contributed by atoms with Gasteiger partial charge in [0.25, 0.3) is 5.91 Å². The van der Waals surface area contributed by atoms with E-state index in [0.717, 1.165) is 5.69 Å². The van der Waals surface area contributed by atoms with Gasteiger partial charge in [-0.15, -0.1) is 5.10 Å². The molecule has 0 radical (unpaired) electrons. The van der Waals surface area contributed by atoms with E-state index in [1.807, 2.05) is 30.3 Å². The Bertz CT molecular complexity index is 845. The third kappa shape index (κ3) is 3.89. The molecule has 0 fully saturated rings. The molecule has 0 saturated heterocycles. The molecular formula is C16H15N5O4. The molecule has 25 heavy (non-hydrogen) atoms. The first-order chi connectivity index (χ1) is 12.1. The molecule has 1 N–H and O–H groups in total. The van der Waals surface area contributed by atoms with E-state index in [0.29, 0.717) is 5.82 Å². The van der Waals surface area contributed by atoms with Crippen LogP contribution in [-0.2, 0) is 16.1 Å². The molecule has 0 aliphatic rings. The van der Waals surface area contributed by atoms with Gasteiger partial charge in [0.1, 0.15) is 6.04 Å². The number of hydrogen-bond acceptors (Lipinski definition) is 7. The van der Waals surface area contributed by atoms with Crippen molar-refractivity contribution in [1.29, 1.82) is 0 Å². The molecule has 0 saturated carbocycles. The maximum absolute atomic E-state index is 12.0. The van der Waals surface area contributed by atoms with Gasteiger partial charge in [0.05, 0.1) is 12.0 Å². The lowest BCUT2D eigenvalue weighted by Gasteiger charge is -2.12. The van der Waals surface area contributed by atoms with Crippen molar-refractivity contribution in [2.45, 2.75) is 19.6 Å². The Balaban J connectivity index is 1.58. The number of nitrogens with zero attached hydrogens (tertiary/aromatic N) is 4. The van der Waals surface area contributed by atoms with E-state index < -0.39 is 17.9 Å². The van der Waals surface area contributed by atoms with E-state index >= 15 is 0 Å². The van der Waals surface area contributed by atoms with E-state index in [1.54, 1.807) is 6.07 Å². The quantitative estimate of drug-likeness (QED) is 0.668. The van der Waals surface area contributed by atoms with Gasteiger partial charge in [0, 0.05) is 0 Å². The van der Waals surface area contributed by atoms with E-state index in [1.165, 1.54) is 23.9 Å². The van der Waals surface area contributed by atoms with Crippen LogP contribution in [0.25, 0.3) is 5.69 Å². The maximum Gasteiger partial charge on any atom is 0.328 e. The Morgan fingerprint density at radius 1 is 1.24 bits per heavy atom. The number of carbonyl (C=O) groups is 2. The molecule has 2 aromatic heterocycles. The SMILES string of the molecule is C[C@H](NC(=O)c1ccco1)C(=O)OCc1nnnn1-c1ccccc1. The number of furan rings is 1. The number of para-hydroxylation sites is 1. The van der Waals surface area contributed by atoms with Gasteiger partial charge >= 0.3 is 5.97 Å². The molecule has 9 nitrogen and oxygen atoms in total. The van der Waals surface area contributed by atoms with Gasteiger partial charge in [0.15, 0.2) is 18.2 Å². The van der Waals surface area contributed by atoms with Crippen molar-refractivity contribution in [2.75, 3.05) is 0 Å². The lowest BCUT2D eigenvalue weighted by atomic mass is 10.3. The molecule has 3 rings (SSSR count). The number of carbonyl (C=O) groups excluding carboxylic acids is 2. The smallest absolute Gasteiger partial charge is 0.328 e. The Morgan fingerprint density at radius 3 is 2.76 bits per heavy atom. The average molecular weight is 341 g/mol. The number of aromatic nitrogens is 4. The van der Waals surface area contributed by atoms with Gasteiger partial charge in [-0.05, 0) is 41.6 Å². The largest absolute Gasteiger partial charge is 0.459 e. The van der Waals surface area contributed by atoms with Crippen molar-refractivity contribution in [1.82, 2.24) is 25.5 Å². The van der Waals surface area contributed by atoms with E-state index in [2.05, 4.69) is 20.8 Å². The first kappa shape index (κ1) is 16.4. The second kappa shape index (κ2) is 7.39. The number of rotatable bonds is 6. The summed E-state index contributed by atoms with van der Waals surface area (Å²) in [6.07, 6.45) is 1.38. The summed E-state index contributed by atoms with van der Waals surface area (Å²) >= 11 is 0. The van der Waals surface area contributed by atoms with Crippen LogP contribution in [0.3, 0.4) is 0 Å². The van der Waals surface area contributed by atoms with E-state index in [-0.39, 0.29) is 12.4 Å². The number of ether oxygens (including phenoxy) is 1. The van der Waals surface area contributed by atoms with Crippen LogP contribution in [0, 0.1) is 0 Å². The van der Waals surface area contributed by atoms with E-state index in [9.17, 15) is 9.59 Å². The van der Waals surface area contributed by atoms with Gasteiger partial charge in [-0.3, -0.25) is 4.79 Å². The normalized spacial score (nSPS) is 11.7. The van der Waals surface area contributed by atoms with Crippen molar-refractivity contribution in [3.8, 4) is 5.69 Å². The van der Waals surface area contributed by atoms with Crippen molar-refractivity contribution in [3.05, 3.63) is 60.3 Å². The minimum atomic E-state index is -0.848. The molecule has 2 heterocycles. The van der Waals surface area contributed by atoms with Gasteiger partial charge in [-0.1, -0.05) is 18.2 Å². The zero-order valence-corrected chi connectivity index (χ0v) is 13.3. The Morgan fingerprint density at radius 2 is 2.04 bits per heavy atom. The number of esters is 1. The van der Waals surface area contributed by atoms with Crippen LogP contribution < -0.4 is 5.32 Å². The number of tetrazole rings is 1. The van der Waals surface area contributed by atoms with Gasteiger partial charge in [-0.25, -0.2) is 4.79 Å². The van der Waals surface area contributed by atoms with Crippen LogP contribution in [0.5, 0.6) is 0 Å². The van der Waals surface area contributed by atoms with Crippen LogP contribution in [0.1, 0.15) is 23.3 Å². The van der Waals surface area contributed by atoms with Crippen molar-refractivity contribution < 1.29 is 18.7 Å². The van der Waals surface area contributed by atoms with Crippen LogP contribution in [-0.4, -0.2) is 38.1 Å². The number of nitrogens with one attached hydrogen (secondary N) is 1. The Labute approximate surface area is 142 Å². The van der Waals surface area contributed by atoms with Gasteiger partial charge in [0.2, 0.25) is 0 Å². The first-order valence-electron chi connectivity index (χ1n) is 7.49. The summed E-state index contributed by atoms with van der Waals surface area (Å²) < 4.78 is 11.6. The van der Waals surface area contributed by atoms with Gasteiger partial charge < -0.3 is 14.5 Å². The Kier molecular flexibility index (Phi) is 4.84. The molecule has 0 unspecified atom stereocenters. The molecule has 1 aromatic carbocycles. The summed E-state index contributed by atoms with van der Waals surface area (Å²) in [6.45, 7) is 1.39. The summed E-state index contributed by atoms with van der Waals surface area (Å²) in [6, 6.07) is 11.5. The van der Waals surface area contributed by atoms with Crippen LogP contribution >= 0.6 is 0 Å². The maximum atomic E-state index is 12.0. The molecular weight excluding hydrogens is 326 g/mol. The fraction of sp³-hybridized carbons (Fsp3) is 0.188. The lowest BCUT2D eigenvalue weighted by Crippen LogP contribution is -2.39. The predicted molar refractivity (Wildman–Crippen MR) is 84.6 cm³/mol. The summed E-state index contributed by atoms with van der Waals surface area (Å²) in [5, 5.41) is 13.8. The second-order valence-electron chi connectivity index (χ2n) is 5.12. The molecule has 9 heteroatoms. The monoisotopic (exact) mass is 341 g/mol. The molecule has 3 aromatic rings. The zero-order valence-electron chi connectivity index (χ0n) is 13.3. The minimum absolute atomic E-state index is 0.118. The zero-order chi connectivity index (χ0) is 17.6. The number of amides is 1. The highest BCUT2D eigenvalue weighted by molar-refractivity contribution is 5.94. The summed E-state index contributed by atoms with van der Waals surface area (Å²) in [7, 11) is 0. The van der Waals surface area contributed by atoms with Crippen LogP contribution in [0.2, 0.25) is 0 Å². The fourth-order valence-corrected chi connectivity index (χ4v) is 2.06. The number of hydrogen-bond donors (Lipinski definition) is 1. The topological polar surface area (TPSA) is 112 Å². The minimum Gasteiger partial charge on any atom is -0.459 e. The van der Waals surface area contributed by atoms with Crippen molar-refractivity contribution >= 4 is 11.9 Å². The van der Waals surface area contributed by atoms with Crippen LogP contribution in [0.4, 0.5) is 0 Å². The van der Waals surface area contributed by atoms with Gasteiger partial charge in [-0.2, -0.15) is 4.68 Å². The molecule has 0 spiro atoms. The molecule has 0 aliphatic carbocycles. The molecule has 128 valence electrons. The summed E-state index contributed by atoms with van der Waals surface area (Å²) in [5.74, 6) is -0.622. The first-order valence-corrected chi connectivity index (χ1v) is 7.49. The third-order valence-electron chi connectivity index (χ3n) is 3.32.